The standard InChI is InChI=1S/C15H20N4O2/c1-11(21-13-4-7-20-8-5-13)15-14(16)3-6-19(15)12-9-17-18(2)10-12/h3,6,9-10,13,16H,4-5,7-8H2,1-2H3/b15-11-,16-14?. The van der Waals surface area contributed by atoms with Gasteiger partial charge in [-0.2, -0.15) is 5.10 Å². The van der Waals surface area contributed by atoms with Crippen LogP contribution in [0.5, 0.6) is 0 Å². The Morgan fingerprint density at radius 2 is 2.19 bits per heavy atom. The Kier molecular flexibility index (Phi) is 3.79. The number of anilines is 1. The van der Waals surface area contributed by atoms with Crippen LogP contribution >= 0.6 is 0 Å². The Hall–Kier alpha value is -2.08. The van der Waals surface area contributed by atoms with E-state index in [-0.39, 0.29) is 6.10 Å². The minimum Gasteiger partial charge on any atom is -0.493 e. The Morgan fingerprint density at radius 3 is 2.86 bits per heavy atom. The maximum Gasteiger partial charge on any atom is 0.119 e. The monoisotopic (exact) mass is 288 g/mol. The molecule has 2 aliphatic heterocycles. The number of rotatable bonds is 3. The molecule has 1 aromatic rings. The van der Waals surface area contributed by atoms with Crippen LogP contribution in [0.15, 0.2) is 36.1 Å². The van der Waals surface area contributed by atoms with Gasteiger partial charge >= 0.3 is 0 Å². The van der Waals surface area contributed by atoms with Crippen molar-refractivity contribution in [2.24, 2.45) is 7.05 Å². The number of allylic oxidation sites excluding steroid dienone is 2. The van der Waals surface area contributed by atoms with Gasteiger partial charge in [0.05, 0.1) is 30.8 Å². The zero-order chi connectivity index (χ0) is 14.8. The second-order valence-electron chi connectivity index (χ2n) is 5.31. The molecule has 0 atom stereocenters. The number of nitrogens with zero attached hydrogens (tertiary/aromatic N) is 3. The second kappa shape index (κ2) is 5.73. The Bertz CT molecular complexity index is 597. The molecule has 0 unspecified atom stereocenters. The molecule has 0 radical (unpaired) electrons. The van der Waals surface area contributed by atoms with Crippen LogP contribution in [-0.2, 0) is 16.5 Å². The van der Waals surface area contributed by atoms with Gasteiger partial charge in [-0.15, -0.1) is 0 Å². The molecule has 0 amide bonds. The highest BCUT2D eigenvalue weighted by Gasteiger charge is 2.25. The lowest BCUT2D eigenvalue weighted by atomic mass is 10.1. The van der Waals surface area contributed by atoms with Crippen molar-refractivity contribution in [3.05, 3.63) is 36.1 Å². The Morgan fingerprint density at radius 1 is 1.43 bits per heavy atom. The highest BCUT2D eigenvalue weighted by atomic mass is 16.5. The van der Waals surface area contributed by atoms with Gasteiger partial charge in [0.15, 0.2) is 0 Å². The summed E-state index contributed by atoms with van der Waals surface area (Å²) in [7, 11) is 1.88. The van der Waals surface area contributed by atoms with Crippen LogP contribution in [0.4, 0.5) is 5.69 Å². The van der Waals surface area contributed by atoms with E-state index in [1.807, 2.05) is 31.3 Å². The van der Waals surface area contributed by atoms with Crippen molar-refractivity contribution in [2.75, 3.05) is 18.1 Å². The number of aryl methyl sites for hydroxylation is 1. The van der Waals surface area contributed by atoms with E-state index >= 15 is 0 Å². The summed E-state index contributed by atoms with van der Waals surface area (Å²) >= 11 is 0. The van der Waals surface area contributed by atoms with Crippen LogP contribution < -0.4 is 4.90 Å². The maximum absolute atomic E-state index is 8.12. The molecule has 0 aromatic carbocycles. The van der Waals surface area contributed by atoms with Crippen LogP contribution in [0.1, 0.15) is 19.8 Å². The van der Waals surface area contributed by atoms with Gasteiger partial charge in [0.2, 0.25) is 0 Å². The average Bonchev–Trinajstić information content (AvgIpc) is 3.06. The molecule has 1 N–H and O–H groups in total. The van der Waals surface area contributed by atoms with Gasteiger partial charge in [-0.05, 0) is 13.0 Å². The Labute approximate surface area is 124 Å². The van der Waals surface area contributed by atoms with E-state index in [1.54, 1.807) is 17.0 Å². The molecule has 112 valence electrons. The number of hydrogen-bond acceptors (Lipinski definition) is 5. The fourth-order valence-corrected chi connectivity index (χ4v) is 2.64. The van der Waals surface area contributed by atoms with Gasteiger partial charge in [0.25, 0.3) is 0 Å². The minimum absolute atomic E-state index is 0.176. The van der Waals surface area contributed by atoms with E-state index in [1.165, 1.54) is 0 Å². The maximum atomic E-state index is 8.12. The molecule has 3 rings (SSSR count). The van der Waals surface area contributed by atoms with Gasteiger partial charge in [0.1, 0.15) is 17.6 Å². The SMILES string of the molecule is C/C(OC1CCOCC1)=C1\C(=N)C=CN1c1cnn(C)c1. The molecule has 0 bridgehead atoms. The molecule has 3 heterocycles. The molecule has 21 heavy (non-hydrogen) atoms. The van der Waals surface area contributed by atoms with Crippen molar-refractivity contribution in [2.45, 2.75) is 25.9 Å². The summed E-state index contributed by atoms with van der Waals surface area (Å²) < 4.78 is 13.2. The van der Waals surface area contributed by atoms with E-state index in [2.05, 4.69) is 5.10 Å². The van der Waals surface area contributed by atoms with Gasteiger partial charge < -0.3 is 14.4 Å². The number of nitrogens with one attached hydrogen (secondary N) is 1. The van der Waals surface area contributed by atoms with E-state index < -0.39 is 0 Å². The van der Waals surface area contributed by atoms with Crippen molar-refractivity contribution >= 4 is 11.4 Å². The van der Waals surface area contributed by atoms with Gasteiger partial charge in [-0.25, -0.2) is 0 Å². The lowest BCUT2D eigenvalue weighted by Crippen LogP contribution is -2.25. The van der Waals surface area contributed by atoms with E-state index in [4.69, 9.17) is 14.9 Å². The number of ether oxygens (including phenoxy) is 2. The second-order valence-corrected chi connectivity index (χ2v) is 5.31. The summed E-state index contributed by atoms with van der Waals surface area (Å²) in [6, 6.07) is 0. The van der Waals surface area contributed by atoms with Crippen molar-refractivity contribution in [3.8, 4) is 0 Å². The summed E-state index contributed by atoms with van der Waals surface area (Å²) in [6.07, 6.45) is 9.34. The molecule has 1 aromatic heterocycles. The predicted octanol–water partition coefficient (Wildman–Crippen LogP) is 2.20. The topological polar surface area (TPSA) is 63.4 Å². The molecule has 6 nitrogen and oxygen atoms in total. The predicted molar refractivity (Wildman–Crippen MR) is 80.2 cm³/mol. The zero-order valence-corrected chi connectivity index (χ0v) is 12.4. The first-order valence-corrected chi connectivity index (χ1v) is 7.15. The third-order valence-electron chi connectivity index (χ3n) is 3.70. The zero-order valence-electron chi connectivity index (χ0n) is 12.4. The average molecular weight is 288 g/mol. The molecule has 1 saturated heterocycles. The lowest BCUT2D eigenvalue weighted by Gasteiger charge is -2.26. The molecular formula is C15H20N4O2. The van der Waals surface area contributed by atoms with Gasteiger partial charge in [-0.3, -0.25) is 10.1 Å². The summed E-state index contributed by atoms with van der Waals surface area (Å²) in [5, 5.41) is 12.3. The van der Waals surface area contributed by atoms with Gasteiger partial charge in [0, 0.05) is 32.3 Å². The fraction of sp³-hybridized carbons (Fsp3) is 0.467. The third-order valence-corrected chi connectivity index (χ3v) is 3.70. The summed E-state index contributed by atoms with van der Waals surface area (Å²) in [5.41, 5.74) is 2.18. The molecule has 0 saturated carbocycles. The van der Waals surface area contributed by atoms with Crippen LogP contribution in [0.25, 0.3) is 0 Å². The fourth-order valence-electron chi connectivity index (χ4n) is 2.64. The lowest BCUT2D eigenvalue weighted by molar-refractivity contribution is -0.00391. The minimum atomic E-state index is 0.176. The van der Waals surface area contributed by atoms with Crippen molar-refractivity contribution in [1.82, 2.24) is 9.78 Å². The van der Waals surface area contributed by atoms with Crippen LogP contribution in [-0.4, -0.2) is 34.8 Å². The summed E-state index contributed by atoms with van der Waals surface area (Å²) in [5.74, 6) is 0.778. The van der Waals surface area contributed by atoms with Crippen molar-refractivity contribution in [1.29, 1.82) is 5.41 Å². The van der Waals surface area contributed by atoms with Gasteiger partial charge in [-0.1, -0.05) is 0 Å². The number of aromatic nitrogens is 2. The molecule has 2 aliphatic rings. The smallest absolute Gasteiger partial charge is 0.119 e. The molecular weight excluding hydrogens is 268 g/mol. The summed E-state index contributed by atoms with van der Waals surface area (Å²) in [6.45, 7) is 3.42. The normalized spacial score (nSPS) is 22.0. The number of hydrogen-bond donors (Lipinski definition) is 1. The quantitative estimate of drug-likeness (QED) is 0.866. The molecule has 1 fully saturated rings. The van der Waals surface area contributed by atoms with Crippen LogP contribution in [0, 0.1) is 5.41 Å². The summed E-state index contributed by atoms with van der Waals surface area (Å²) in [4.78, 5) is 1.95. The first kappa shape index (κ1) is 13.9. The van der Waals surface area contributed by atoms with Crippen molar-refractivity contribution in [3.63, 3.8) is 0 Å². The van der Waals surface area contributed by atoms with E-state index in [9.17, 15) is 0 Å². The molecule has 0 aliphatic carbocycles. The van der Waals surface area contributed by atoms with Crippen molar-refractivity contribution < 1.29 is 9.47 Å². The molecule has 6 heteroatoms. The largest absolute Gasteiger partial charge is 0.493 e. The van der Waals surface area contributed by atoms with E-state index in [0.29, 0.717) is 5.71 Å². The third kappa shape index (κ3) is 2.85. The van der Waals surface area contributed by atoms with Crippen LogP contribution in [0.3, 0.4) is 0 Å². The van der Waals surface area contributed by atoms with E-state index in [0.717, 1.165) is 43.2 Å². The highest BCUT2D eigenvalue weighted by molar-refractivity contribution is 6.12. The first-order chi connectivity index (χ1) is 10.1. The van der Waals surface area contributed by atoms with Crippen LogP contribution in [0.2, 0.25) is 0 Å². The molecule has 0 spiro atoms. The highest BCUT2D eigenvalue weighted by Crippen LogP contribution is 2.28. The first-order valence-electron chi connectivity index (χ1n) is 7.15. The Balaban J connectivity index is 1.82.